The Morgan fingerprint density at radius 1 is 1.62 bits per heavy atom. The van der Waals surface area contributed by atoms with Crippen LogP contribution < -0.4 is 10.6 Å². The molecule has 0 bridgehead atoms. The molecule has 1 amide bonds. The van der Waals surface area contributed by atoms with Crippen LogP contribution in [0.1, 0.15) is 5.69 Å². The van der Waals surface area contributed by atoms with Crippen LogP contribution >= 0.6 is 0 Å². The third-order valence-electron chi connectivity index (χ3n) is 2.36. The molecule has 0 aromatic carbocycles. The standard InChI is InChI=1S/C12H16N7O.W/c1-9-6-10(18-12(17-9)16-8-14-2)19(5-4-13)7-11(20)15-3;/h2,6,8H,3-5,7,13H2,1H3;/q-1;. The van der Waals surface area contributed by atoms with Crippen molar-refractivity contribution in [3.8, 4) is 0 Å². The Labute approximate surface area is 134 Å². The summed E-state index contributed by atoms with van der Waals surface area (Å²) >= 11 is 1.23. The van der Waals surface area contributed by atoms with E-state index < -0.39 is 0 Å². The average molecular weight is 458 g/mol. The minimum absolute atomic E-state index is 0.0663. The van der Waals surface area contributed by atoms with E-state index in [-0.39, 0.29) is 18.4 Å². The van der Waals surface area contributed by atoms with E-state index in [0.717, 1.165) is 5.69 Å². The van der Waals surface area contributed by atoms with Crippen molar-refractivity contribution >= 4 is 35.3 Å². The molecule has 0 unspecified atom stereocenters. The van der Waals surface area contributed by atoms with Gasteiger partial charge >= 0.3 is 134 Å². The van der Waals surface area contributed by atoms with Gasteiger partial charge in [-0.25, -0.2) is 0 Å². The summed E-state index contributed by atoms with van der Waals surface area (Å²) in [5.41, 5.74) is 6.30. The van der Waals surface area contributed by atoms with Gasteiger partial charge in [-0.2, -0.15) is 0 Å². The summed E-state index contributed by atoms with van der Waals surface area (Å²) in [6, 6.07) is 1.76. The molecule has 8 nitrogen and oxygen atoms in total. The topological polar surface area (TPSA) is 111 Å². The van der Waals surface area contributed by atoms with Crippen molar-refractivity contribution in [3.05, 3.63) is 17.1 Å². The quantitative estimate of drug-likeness (QED) is 0.440. The second kappa shape index (κ2) is 9.20. The van der Waals surface area contributed by atoms with Crippen molar-refractivity contribution in [2.24, 2.45) is 15.7 Å². The SMILES string of the molecule is C=NC(=O)CN(CCN)c1cc(C)nc([N-]C=N[CH]=[W])n1. The van der Waals surface area contributed by atoms with E-state index in [1.165, 1.54) is 25.7 Å². The Bertz CT molecular complexity index is 546. The van der Waals surface area contributed by atoms with Gasteiger partial charge in [0, 0.05) is 0 Å². The van der Waals surface area contributed by atoms with Gasteiger partial charge in [-0.15, -0.1) is 0 Å². The van der Waals surface area contributed by atoms with Gasteiger partial charge in [-0.05, 0) is 0 Å². The molecule has 0 saturated heterocycles. The van der Waals surface area contributed by atoms with Crippen LogP contribution in [0.4, 0.5) is 11.8 Å². The second-order valence-corrected chi connectivity index (χ2v) is 4.69. The van der Waals surface area contributed by atoms with Crippen LogP contribution in [0.25, 0.3) is 5.32 Å². The van der Waals surface area contributed by atoms with E-state index in [1.54, 1.807) is 15.5 Å². The molecule has 112 valence electrons. The van der Waals surface area contributed by atoms with Crippen LogP contribution in [-0.4, -0.2) is 53.1 Å². The van der Waals surface area contributed by atoms with Crippen molar-refractivity contribution in [3.63, 3.8) is 0 Å². The molecule has 0 aliphatic rings. The van der Waals surface area contributed by atoms with Gasteiger partial charge in [0.25, 0.3) is 0 Å². The number of carbonyl (C=O) groups excluding carboxylic acids is 1. The van der Waals surface area contributed by atoms with Crippen LogP contribution in [0.2, 0.25) is 0 Å². The first-order valence-electron chi connectivity index (χ1n) is 6.07. The molecule has 21 heavy (non-hydrogen) atoms. The molecule has 0 spiro atoms. The van der Waals surface area contributed by atoms with E-state index in [0.29, 0.717) is 18.9 Å². The van der Waals surface area contributed by atoms with Crippen LogP contribution in [0.15, 0.2) is 16.1 Å². The Morgan fingerprint density at radius 2 is 2.38 bits per heavy atom. The molecule has 0 saturated carbocycles. The minimum atomic E-state index is -0.344. The summed E-state index contributed by atoms with van der Waals surface area (Å²) in [4.78, 5) is 28.9. The first kappa shape index (κ1) is 17.3. The summed E-state index contributed by atoms with van der Waals surface area (Å²) in [6.07, 6.45) is 1.38. The normalized spacial score (nSPS) is 10.4. The van der Waals surface area contributed by atoms with Gasteiger partial charge in [0.15, 0.2) is 0 Å². The molecule has 1 aromatic rings. The third kappa shape index (κ3) is 6.01. The van der Waals surface area contributed by atoms with Gasteiger partial charge in [-0.3, -0.25) is 0 Å². The molecule has 0 aliphatic heterocycles. The Kier molecular flexibility index (Phi) is 7.56. The first-order chi connectivity index (χ1) is 10.1. The van der Waals surface area contributed by atoms with Crippen LogP contribution in [0, 0.1) is 6.92 Å². The number of hydrogen-bond donors (Lipinski definition) is 1. The number of anilines is 1. The fourth-order valence-electron chi connectivity index (χ4n) is 1.51. The van der Waals surface area contributed by atoms with Crippen LogP contribution in [0.5, 0.6) is 0 Å². The van der Waals surface area contributed by atoms with E-state index in [9.17, 15) is 4.79 Å². The van der Waals surface area contributed by atoms with E-state index in [1.807, 2.05) is 6.92 Å². The average Bonchev–Trinajstić information content (AvgIpc) is 2.46. The number of aliphatic imine (C=N–C) groups is 2. The fourth-order valence-corrected chi connectivity index (χ4v) is 1.71. The zero-order chi connectivity index (χ0) is 15.7. The van der Waals surface area contributed by atoms with Crippen LogP contribution in [0.3, 0.4) is 0 Å². The number of aromatic nitrogens is 2. The maximum atomic E-state index is 11.4. The van der Waals surface area contributed by atoms with Gasteiger partial charge in [0.1, 0.15) is 0 Å². The number of hydrogen-bond acceptors (Lipinski definition) is 6. The zero-order valence-corrected chi connectivity index (χ0v) is 14.6. The molecule has 1 aromatic heterocycles. The summed E-state index contributed by atoms with van der Waals surface area (Å²) in [5, 5.41) is 4.05. The summed E-state index contributed by atoms with van der Waals surface area (Å²) < 4.78 is 1.69. The van der Waals surface area contributed by atoms with Crippen molar-refractivity contribution in [2.75, 3.05) is 24.5 Å². The molecule has 0 radical (unpaired) electrons. The molecule has 9 heteroatoms. The fraction of sp³-hybridized carbons (Fsp3) is 0.333. The number of amides is 1. The predicted octanol–water partition coefficient (Wildman–Crippen LogP) is 0.117. The van der Waals surface area contributed by atoms with Crippen molar-refractivity contribution < 1.29 is 24.1 Å². The maximum absolute atomic E-state index is 11.4. The number of nitrogens with zero attached hydrogens (tertiary/aromatic N) is 6. The molecule has 0 aliphatic carbocycles. The Morgan fingerprint density at radius 3 is 3.00 bits per heavy atom. The molecule has 1 heterocycles. The third-order valence-corrected chi connectivity index (χ3v) is 2.79. The summed E-state index contributed by atoms with van der Waals surface area (Å²) in [6.45, 7) is 5.97. The van der Waals surface area contributed by atoms with Gasteiger partial charge in [-0.1, -0.05) is 0 Å². The van der Waals surface area contributed by atoms with Crippen LogP contribution in [-0.2, 0) is 24.1 Å². The van der Waals surface area contributed by atoms with E-state index in [2.05, 4.69) is 32.0 Å². The molecule has 0 atom stereocenters. The van der Waals surface area contributed by atoms with Gasteiger partial charge < -0.3 is 0 Å². The number of aryl methyl sites for hydroxylation is 1. The summed E-state index contributed by atoms with van der Waals surface area (Å²) in [5.74, 6) is 0.512. The number of rotatable bonds is 8. The Balaban J connectivity index is 3.00. The monoisotopic (exact) mass is 458 g/mol. The molecule has 0 fully saturated rings. The first-order valence-corrected chi connectivity index (χ1v) is 7.76. The van der Waals surface area contributed by atoms with E-state index in [4.69, 9.17) is 5.73 Å². The molecule has 2 N–H and O–H groups in total. The number of nitrogens with two attached hydrogens (primary N) is 1. The Hall–Kier alpha value is -1.79. The van der Waals surface area contributed by atoms with Gasteiger partial charge in [0.2, 0.25) is 0 Å². The zero-order valence-electron chi connectivity index (χ0n) is 11.6. The van der Waals surface area contributed by atoms with E-state index >= 15 is 0 Å². The second-order valence-electron chi connectivity index (χ2n) is 3.93. The molecule has 1 rings (SSSR count). The van der Waals surface area contributed by atoms with Gasteiger partial charge in [0.05, 0.1) is 0 Å². The van der Waals surface area contributed by atoms with Crippen molar-refractivity contribution in [1.82, 2.24) is 9.97 Å². The van der Waals surface area contributed by atoms with Crippen molar-refractivity contribution in [1.29, 1.82) is 0 Å². The predicted molar refractivity (Wildman–Crippen MR) is 80.2 cm³/mol. The van der Waals surface area contributed by atoms with Crippen molar-refractivity contribution in [2.45, 2.75) is 6.92 Å². The molecular weight excluding hydrogens is 442 g/mol. The number of carbonyl (C=O) groups is 1. The summed E-state index contributed by atoms with van der Waals surface area (Å²) in [7, 11) is 0. The molecular formula is C12H16N7OW-.